The first-order valence-electron chi connectivity index (χ1n) is 8.18. The summed E-state index contributed by atoms with van der Waals surface area (Å²) in [5.41, 5.74) is 1.15. The van der Waals surface area contributed by atoms with Gasteiger partial charge in [-0.2, -0.15) is 13.2 Å². The summed E-state index contributed by atoms with van der Waals surface area (Å²) in [6.45, 7) is 0.787. The fourth-order valence-electron chi connectivity index (χ4n) is 2.90. The number of benzene rings is 1. The molecule has 0 unspecified atom stereocenters. The van der Waals surface area contributed by atoms with Crippen LogP contribution in [-0.4, -0.2) is 28.9 Å². The fraction of sp³-hybridized carbons (Fsp3) is 0.263. The highest BCUT2D eigenvalue weighted by Gasteiger charge is 2.33. The van der Waals surface area contributed by atoms with Crippen molar-refractivity contribution in [2.24, 2.45) is 0 Å². The molecule has 0 N–H and O–H groups in total. The summed E-state index contributed by atoms with van der Waals surface area (Å²) >= 11 is 11.4. The van der Waals surface area contributed by atoms with E-state index in [1.807, 2.05) is 0 Å². The Morgan fingerprint density at radius 1 is 1.19 bits per heavy atom. The molecule has 0 fully saturated rings. The van der Waals surface area contributed by atoms with Gasteiger partial charge in [-0.25, -0.2) is 4.98 Å². The first-order valence-corrected chi connectivity index (χ1v) is 8.94. The van der Waals surface area contributed by atoms with Gasteiger partial charge in [0.15, 0.2) is 0 Å². The predicted octanol–water partition coefficient (Wildman–Crippen LogP) is 5.27. The predicted molar refractivity (Wildman–Crippen MR) is 98.6 cm³/mol. The number of aromatic nitrogens is 1. The van der Waals surface area contributed by atoms with Crippen LogP contribution in [0.3, 0.4) is 0 Å². The van der Waals surface area contributed by atoms with Gasteiger partial charge < -0.3 is 4.90 Å². The van der Waals surface area contributed by atoms with Crippen molar-refractivity contribution in [3.63, 3.8) is 0 Å². The number of nitrogens with zero attached hydrogens (tertiary/aromatic N) is 2. The number of amides is 1. The van der Waals surface area contributed by atoms with E-state index in [2.05, 4.69) is 4.98 Å². The molecule has 27 heavy (non-hydrogen) atoms. The van der Waals surface area contributed by atoms with E-state index in [1.54, 1.807) is 35.4 Å². The second-order valence-corrected chi connectivity index (χ2v) is 6.97. The zero-order chi connectivity index (χ0) is 19.6. The van der Waals surface area contributed by atoms with Gasteiger partial charge in [-0.1, -0.05) is 41.4 Å². The molecule has 0 atom stereocenters. The van der Waals surface area contributed by atoms with E-state index in [4.69, 9.17) is 23.2 Å². The van der Waals surface area contributed by atoms with Gasteiger partial charge in [0.2, 0.25) is 5.91 Å². The number of rotatable bonds is 3. The number of hydrogen-bond donors (Lipinski definition) is 0. The lowest BCUT2D eigenvalue weighted by Crippen LogP contribution is -2.35. The van der Waals surface area contributed by atoms with E-state index in [9.17, 15) is 18.0 Å². The maximum atomic E-state index is 13.0. The number of halogens is 5. The molecule has 2 heterocycles. The second kappa shape index (κ2) is 7.90. The summed E-state index contributed by atoms with van der Waals surface area (Å²) in [6, 6.07) is 7.25. The van der Waals surface area contributed by atoms with Gasteiger partial charge in [0.25, 0.3) is 0 Å². The third-order valence-corrected chi connectivity index (χ3v) is 4.90. The Hall–Kier alpha value is -2.05. The van der Waals surface area contributed by atoms with Crippen LogP contribution in [0.5, 0.6) is 0 Å². The van der Waals surface area contributed by atoms with Crippen molar-refractivity contribution in [1.82, 2.24) is 9.88 Å². The molecule has 1 aliphatic heterocycles. The normalized spacial score (nSPS) is 14.9. The quantitative estimate of drug-likeness (QED) is 0.641. The highest BCUT2D eigenvalue weighted by Crippen LogP contribution is 2.37. The van der Waals surface area contributed by atoms with E-state index < -0.39 is 11.7 Å². The maximum absolute atomic E-state index is 13.0. The molecule has 3 nitrogen and oxygen atoms in total. The van der Waals surface area contributed by atoms with E-state index in [-0.39, 0.29) is 17.4 Å². The number of hydrogen-bond acceptors (Lipinski definition) is 2. The van der Waals surface area contributed by atoms with Crippen LogP contribution in [0.2, 0.25) is 10.2 Å². The Morgan fingerprint density at radius 3 is 2.56 bits per heavy atom. The summed E-state index contributed by atoms with van der Waals surface area (Å²) in [7, 11) is 0. The molecule has 0 saturated carbocycles. The molecule has 3 rings (SSSR count). The molecule has 8 heteroatoms. The molecule has 0 saturated heterocycles. The smallest absolute Gasteiger partial charge is 0.338 e. The molecule has 1 amide bonds. The van der Waals surface area contributed by atoms with Crippen molar-refractivity contribution in [1.29, 1.82) is 0 Å². The summed E-state index contributed by atoms with van der Waals surface area (Å²) in [5, 5.41) is 0.0361. The molecule has 1 aliphatic rings. The van der Waals surface area contributed by atoms with Crippen LogP contribution in [0.15, 0.2) is 42.6 Å². The third kappa shape index (κ3) is 4.82. The highest BCUT2D eigenvalue weighted by atomic mass is 35.5. The Labute approximate surface area is 164 Å². The molecular weight excluding hydrogens is 400 g/mol. The van der Waals surface area contributed by atoms with E-state index >= 15 is 0 Å². The molecule has 0 bridgehead atoms. The summed E-state index contributed by atoms with van der Waals surface area (Å²) in [4.78, 5) is 18.0. The van der Waals surface area contributed by atoms with E-state index in [0.29, 0.717) is 30.2 Å². The van der Waals surface area contributed by atoms with Crippen LogP contribution >= 0.6 is 23.2 Å². The van der Waals surface area contributed by atoms with Crippen LogP contribution in [0, 0.1) is 0 Å². The summed E-state index contributed by atoms with van der Waals surface area (Å²) in [6.07, 6.45) is -0.490. The Bertz CT molecular complexity index is 880. The van der Waals surface area contributed by atoms with Crippen LogP contribution in [0.25, 0.3) is 5.57 Å². The van der Waals surface area contributed by atoms with Crippen LogP contribution < -0.4 is 0 Å². The largest absolute Gasteiger partial charge is 0.417 e. The van der Waals surface area contributed by atoms with E-state index in [1.165, 1.54) is 6.07 Å². The molecule has 0 aliphatic carbocycles. The number of alkyl halides is 3. The molecular formula is C19H15Cl2F3N2O. The van der Waals surface area contributed by atoms with Crippen molar-refractivity contribution < 1.29 is 18.0 Å². The molecule has 0 radical (unpaired) electrons. The van der Waals surface area contributed by atoms with Gasteiger partial charge in [0.1, 0.15) is 5.15 Å². The first kappa shape index (κ1) is 19.7. The maximum Gasteiger partial charge on any atom is 0.417 e. The molecule has 2 aromatic rings. The van der Waals surface area contributed by atoms with Crippen LogP contribution in [-0.2, 0) is 17.4 Å². The zero-order valence-corrected chi connectivity index (χ0v) is 15.6. The molecule has 1 aromatic carbocycles. The minimum absolute atomic E-state index is 0.0680. The topological polar surface area (TPSA) is 33.2 Å². The third-order valence-electron chi connectivity index (χ3n) is 4.35. The highest BCUT2D eigenvalue weighted by molar-refractivity contribution is 6.31. The van der Waals surface area contributed by atoms with Crippen molar-refractivity contribution in [2.45, 2.75) is 19.0 Å². The number of carbonyl (C=O) groups excluding carboxylic acids is 1. The van der Waals surface area contributed by atoms with Gasteiger partial charge in [0, 0.05) is 19.3 Å². The Kier molecular flexibility index (Phi) is 5.77. The Balaban J connectivity index is 1.69. The molecule has 142 valence electrons. The van der Waals surface area contributed by atoms with Crippen molar-refractivity contribution in [3.05, 3.63) is 69.5 Å². The van der Waals surface area contributed by atoms with Crippen molar-refractivity contribution in [3.8, 4) is 0 Å². The number of pyridine rings is 1. The average Bonchev–Trinajstić information content (AvgIpc) is 2.63. The standard InChI is InChI=1S/C19H15Cl2F3N2O/c20-16-3-2-14(10-15(16)19(22,23)24)13-5-7-26(8-6-13)18(27)9-12-1-4-17(21)25-11-12/h1-5,10-11H,6-9H2. The average molecular weight is 415 g/mol. The lowest BCUT2D eigenvalue weighted by Gasteiger charge is -2.27. The van der Waals surface area contributed by atoms with Crippen molar-refractivity contribution >= 4 is 34.7 Å². The van der Waals surface area contributed by atoms with Crippen LogP contribution in [0.1, 0.15) is 23.1 Å². The van der Waals surface area contributed by atoms with Gasteiger partial charge in [-0.3, -0.25) is 4.79 Å². The van der Waals surface area contributed by atoms with E-state index in [0.717, 1.165) is 17.2 Å². The van der Waals surface area contributed by atoms with Gasteiger partial charge in [0.05, 0.1) is 17.0 Å². The summed E-state index contributed by atoms with van der Waals surface area (Å²) < 4.78 is 39.1. The minimum Gasteiger partial charge on any atom is -0.338 e. The molecule has 1 aromatic heterocycles. The SMILES string of the molecule is O=C(Cc1ccc(Cl)nc1)N1CC=C(c2ccc(Cl)c(C(F)(F)F)c2)CC1. The van der Waals surface area contributed by atoms with Gasteiger partial charge in [-0.05, 0) is 41.3 Å². The summed E-state index contributed by atoms with van der Waals surface area (Å²) in [5.74, 6) is -0.0680. The lowest BCUT2D eigenvalue weighted by atomic mass is 9.97. The molecule has 0 spiro atoms. The zero-order valence-electron chi connectivity index (χ0n) is 14.1. The van der Waals surface area contributed by atoms with Crippen LogP contribution in [0.4, 0.5) is 13.2 Å². The lowest BCUT2D eigenvalue weighted by molar-refractivity contribution is -0.137. The van der Waals surface area contributed by atoms with Gasteiger partial charge >= 0.3 is 6.18 Å². The fourth-order valence-corrected chi connectivity index (χ4v) is 3.23. The van der Waals surface area contributed by atoms with Crippen molar-refractivity contribution in [2.75, 3.05) is 13.1 Å². The number of carbonyl (C=O) groups is 1. The first-order chi connectivity index (χ1) is 12.7. The second-order valence-electron chi connectivity index (χ2n) is 6.18. The van der Waals surface area contributed by atoms with Gasteiger partial charge in [-0.15, -0.1) is 0 Å². The Morgan fingerprint density at radius 2 is 1.96 bits per heavy atom. The monoisotopic (exact) mass is 414 g/mol. The minimum atomic E-state index is -4.50.